The Bertz CT molecular complexity index is 598. The van der Waals surface area contributed by atoms with E-state index in [0.717, 1.165) is 23.9 Å². The SMILES string of the molecule is [2H]C([2H])([2H])Oc1ncc(B2OC(C)(C)C(C)(C)O2)cc1C1CC1. The largest absolute Gasteiger partial charge is 0.496 e. The zero-order valence-corrected chi connectivity index (χ0v) is 12.4. The Morgan fingerprint density at radius 2 is 1.95 bits per heavy atom. The fraction of sp³-hybridized carbons (Fsp3) is 0.667. The maximum absolute atomic E-state index is 7.27. The van der Waals surface area contributed by atoms with Gasteiger partial charge in [-0.1, -0.05) is 6.07 Å². The van der Waals surface area contributed by atoms with Crippen LogP contribution in [0.5, 0.6) is 5.88 Å². The van der Waals surface area contributed by atoms with Crippen LogP contribution in [0.25, 0.3) is 0 Å². The summed E-state index contributed by atoms with van der Waals surface area (Å²) in [6.45, 7) is 7.98. The molecule has 0 bridgehead atoms. The van der Waals surface area contributed by atoms with Crippen molar-refractivity contribution in [3.05, 3.63) is 17.8 Å². The predicted octanol–water partition coefficient (Wildman–Crippen LogP) is 2.27. The summed E-state index contributed by atoms with van der Waals surface area (Å²) in [5, 5.41) is 0. The average molecular weight is 278 g/mol. The topological polar surface area (TPSA) is 40.6 Å². The van der Waals surface area contributed by atoms with Crippen LogP contribution in [0.4, 0.5) is 0 Å². The van der Waals surface area contributed by atoms with Crippen LogP contribution in [-0.2, 0) is 9.31 Å². The average Bonchev–Trinajstić information content (AvgIpc) is 3.16. The first-order valence-corrected chi connectivity index (χ1v) is 7.03. The van der Waals surface area contributed by atoms with Gasteiger partial charge in [-0.15, -0.1) is 0 Å². The summed E-state index contributed by atoms with van der Waals surface area (Å²) in [4.78, 5) is 4.22. The Kier molecular flexibility index (Phi) is 2.37. The zero-order chi connectivity index (χ0) is 17.0. The molecule has 0 spiro atoms. The molecule has 1 aliphatic heterocycles. The highest BCUT2D eigenvalue weighted by molar-refractivity contribution is 6.62. The Balaban J connectivity index is 1.89. The van der Waals surface area contributed by atoms with Gasteiger partial charge in [0.15, 0.2) is 0 Å². The number of rotatable bonds is 3. The van der Waals surface area contributed by atoms with Gasteiger partial charge in [0.25, 0.3) is 0 Å². The van der Waals surface area contributed by atoms with Gasteiger partial charge in [-0.2, -0.15) is 0 Å². The van der Waals surface area contributed by atoms with Gasteiger partial charge in [0.1, 0.15) is 0 Å². The first-order chi connectivity index (χ1) is 10.5. The summed E-state index contributed by atoms with van der Waals surface area (Å²) in [5.41, 5.74) is 0.771. The molecule has 1 aromatic heterocycles. The van der Waals surface area contributed by atoms with Crippen molar-refractivity contribution in [2.45, 2.75) is 57.7 Å². The highest BCUT2D eigenvalue weighted by Gasteiger charge is 2.52. The third kappa shape index (κ3) is 2.23. The molecule has 4 nitrogen and oxygen atoms in total. The highest BCUT2D eigenvalue weighted by Crippen LogP contribution is 2.43. The molecule has 0 unspecified atom stereocenters. The minimum Gasteiger partial charge on any atom is -0.481 e. The van der Waals surface area contributed by atoms with Crippen LogP contribution in [0, 0.1) is 0 Å². The van der Waals surface area contributed by atoms with Gasteiger partial charge in [0.2, 0.25) is 5.88 Å². The molecule has 1 saturated carbocycles. The van der Waals surface area contributed by atoms with E-state index in [0.29, 0.717) is 5.92 Å². The number of nitrogens with zero attached hydrogens (tertiary/aromatic N) is 1. The van der Waals surface area contributed by atoms with E-state index < -0.39 is 25.4 Å². The number of ether oxygens (including phenoxy) is 1. The van der Waals surface area contributed by atoms with Crippen LogP contribution < -0.4 is 10.2 Å². The third-order valence-electron chi connectivity index (χ3n) is 4.54. The predicted molar refractivity (Wildman–Crippen MR) is 78.5 cm³/mol. The molecule has 1 aromatic rings. The highest BCUT2D eigenvalue weighted by atomic mass is 16.7. The molecule has 2 aliphatic rings. The molecule has 1 aliphatic carbocycles. The summed E-state index contributed by atoms with van der Waals surface area (Å²) < 4.78 is 38.9. The fourth-order valence-corrected chi connectivity index (χ4v) is 2.37. The van der Waals surface area contributed by atoms with E-state index in [-0.39, 0.29) is 5.88 Å². The van der Waals surface area contributed by atoms with Crippen molar-refractivity contribution in [2.75, 3.05) is 7.04 Å². The molecule has 20 heavy (non-hydrogen) atoms. The first kappa shape index (κ1) is 10.6. The van der Waals surface area contributed by atoms with E-state index in [1.54, 1.807) is 6.20 Å². The maximum Gasteiger partial charge on any atom is 0.496 e. The molecule has 0 N–H and O–H groups in total. The molecule has 108 valence electrons. The van der Waals surface area contributed by atoms with Crippen molar-refractivity contribution in [1.29, 1.82) is 0 Å². The van der Waals surface area contributed by atoms with Crippen LogP contribution in [0.15, 0.2) is 12.3 Å². The Morgan fingerprint density at radius 1 is 1.30 bits per heavy atom. The van der Waals surface area contributed by atoms with E-state index in [4.69, 9.17) is 18.2 Å². The van der Waals surface area contributed by atoms with Gasteiger partial charge in [0.05, 0.1) is 22.4 Å². The van der Waals surface area contributed by atoms with Crippen LogP contribution in [0.1, 0.15) is 56.1 Å². The van der Waals surface area contributed by atoms with Crippen molar-refractivity contribution in [3.63, 3.8) is 0 Å². The summed E-state index contributed by atoms with van der Waals surface area (Å²) in [7, 11) is -3.01. The molecule has 0 aromatic carbocycles. The minimum atomic E-state index is -2.50. The van der Waals surface area contributed by atoms with Crippen molar-refractivity contribution in [3.8, 4) is 5.88 Å². The number of hydrogen-bond acceptors (Lipinski definition) is 4. The van der Waals surface area contributed by atoms with Gasteiger partial charge < -0.3 is 14.0 Å². The third-order valence-corrected chi connectivity index (χ3v) is 4.54. The Hall–Kier alpha value is -1.07. The lowest BCUT2D eigenvalue weighted by atomic mass is 9.79. The molecule has 0 atom stereocenters. The summed E-state index contributed by atoms with van der Waals surface area (Å²) in [6.07, 6.45) is 3.62. The normalized spacial score (nSPS) is 26.8. The zero-order valence-electron chi connectivity index (χ0n) is 15.4. The molecule has 0 amide bonds. The van der Waals surface area contributed by atoms with Crippen molar-refractivity contribution < 1.29 is 18.2 Å². The smallest absolute Gasteiger partial charge is 0.481 e. The quantitative estimate of drug-likeness (QED) is 0.795. The second kappa shape index (κ2) is 4.47. The van der Waals surface area contributed by atoms with Gasteiger partial charge in [-0.25, -0.2) is 4.98 Å². The van der Waals surface area contributed by atoms with Gasteiger partial charge in [-0.3, -0.25) is 0 Å². The first-order valence-electron chi connectivity index (χ1n) is 8.53. The molecule has 5 heteroatoms. The van der Waals surface area contributed by atoms with Gasteiger partial charge >= 0.3 is 7.12 Å². The van der Waals surface area contributed by atoms with E-state index in [9.17, 15) is 0 Å². The van der Waals surface area contributed by atoms with Crippen LogP contribution in [-0.4, -0.2) is 30.3 Å². The molecular formula is C15H22BNO3. The van der Waals surface area contributed by atoms with Gasteiger partial charge in [-0.05, 0) is 46.5 Å². The molecule has 0 radical (unpaired) electrons. The summed E-state index contributed by atoms with van der Waals surface area (Å²) in [6, 6.07) is 1.91. The second-order valence-electron chi connectivity index (χ2n) is 6.63. The maximum atomic E-state index is 7.27. The lowest BCUT2D eigenvalue weighted by Crippen LogP contribution is -2.41. The standard InChI is InChI=1S/C15H22BNO3/c1-14(2)15(3,4)20-16(19-14)11-8-12(10-6-7-10)13(18-5)17-9-11/h8-10H,6-7H2,1-5H3/i5D3. The van der Waals surface area contributed by atoms with Gasteiger partial charge in [0, 0.05) is 17.2 Å². The summed E-state index contributed by atoms with van der Waals surface area (Å²) >= 11 is 0. The fourth-order valence-electron chi connectivity index (χ4n) is 2.37. The molecule has 2 fully saturated rings. The van der Waals surface area contributed by atoms with Crippen LogP contribution in [0.2, 0.25) is 0 Å². The van der Waals surface area contributed by atoms with Crippen LogP contribution >= 0.6 is 0 Å². The van der Waals surface area contributed by atoms with Crippen molar-refractivity contribution in [2.24, 2.45) is 0 Å². The van der Waals surface area contributed by atoms with E-state index in [1.807, 2.05) is 33.8 Å². The van der Waals surface area contributed by atoms with E-state index in [1.165, 1.54) is 0 Å². The molecule has 2 heterocycles. The Morgan fingerprint density at radius 3 is 2.50 bits per heavy atom. The van der Waals surface area contributed by atoms with Crippen molar-refractivity contribution in [1.82, 2.24) is 4.98 Å². The number of hydrogen-bond donors (Lipinski definition) is 0. The second-order valence-corrected chi connectivity index (χ2v) is 6.63. The summed E-state index contributed by atoms with van der Waals surface area (Å²) in [5.74, 6) is 0.495. The van der Waals surface area contributed by atoms with E-state index in [2.05, 4.69) is 4.98 Å². The minimum absolute atomic E-state index is 0.188. The van der Waals surface area contributed by atoms with E-state index >= 15 is 0 Å². The molecule has 3 rings (SSSR count). The lowest BCUT2D eigenvalue weighted by molar-refractivity contribution is 0.00578. The lowest BCUT2D eigenvalue weighted by Gasteiger charge is -2.32. The van der Waals surface area contributed by atoms with Crippen LogP contribution in [0.3, 0.4) is 0 Å². The molecular weight excluding hydrogens is 253 g/mol. The number of methoxy groups -OCH3 is 1. The number of pyridine rings is 1. The molecule has 1 saturated heterocycles. The monoisotopic (exact) mass is 278 g/mol. The van der Waals surface area contributed by atoms with Crippen molar-refractivity contribution >= 4 is 12.6 Å². The number of aromatic nitrogens is 1. The Labute approximate surface area is 125 Å².